The number of piperidine rings is 1. The van der Waals surface area contributed by atoms with Gasteiger partial charge in [-0.05, 0) is 66.1 Å². The predicted molar refractivity (Wildman–Crippen MR) is 92.4 cm³/mol. The SMILES string of the molecule is C[C@@H](c1ccc[nH]1)N(C)C[C@@H]1CCCCN1C(=O)OC(C)(C)C. The number of nitrogens with one attached hydrogen (secondary N) is 1. The number of hydrogen-bond acceptors (Lipinski definition) is 3. The number of amides is 1. The number of carbonyl (C=O) groups excluding carboxylic acids is 1. The van der Waals surface area contributed by atoms with Crippen LogP contribution in [0.2, 0.25) is 0 Å². The van der Waals surface area contributed by atoms with Crippen LogP contribution >= 0.6 is 0 Å². The summed E-state index contributed by atoms with van der Waals surface area (Å²) in [7, 11) is 2.12. The van der Waals surface area contributed by atoms with Gasteiger partial charge in [-0.2, -0.15) is 0 Å². The Balaban J connectivity index is 1.99. The molecule has 5 heteroatoms. The Bertz CT molecular complexity index is 493. The summed E-state index contributed by atoms with van der Waals surface area (Å²) in [6.07, 6.45) is 5.05. The summed E-state index contributed by atoms with van der Waals surface area (Å²) in [5, 5.41) is 0. The van der Waals surface area contributed by atoms with Gasteiger partial charge in [-0.25, -0.2) is 4.79 Å². The molecule has 1 aliphatic rings. The fraction of sp³-hybridized carbons (Fsp3) is 0.722. The topological polar surface area (TPSA) is 48.6 Å². The number of H-pyrrole nitrogens is 1. The van der Waals surface area contributed by atoms with E-state index in [2.05, 4.69) is 29.9 Å². The summed E-state index contributed by atoms with van der Waals surface area (Å²) in [4.78, 5) is 20.0. The van der Waals surface area contributed by atoms with Crippen molar-refractivity contribution in [3.8, 4) is 0 Å². The van der Waals surface area contributed by atoms with Crippen LogP contribution < -0.4 is 0 Å². The second-order valence-corrected chi connectivity index (χ2v) is 7.56. The predicted octanol–water partition coefficient (Wildman–Crippen LogP) is 3.80. The average Bonchev–Trinajstić information content (AvgIpc) is 2.99. The molecule has 0 radical (unpaired) electrons. The van der Waals surface area contributed by atoms with Gasteiger partial charge < -0.3 is 14.6 Å². The fourth-order valence-electron chi connectivity index (χ4n) is 3.08. The molecule has 0 bridgehead atoms. The lowest BCUT2D eigenvalue weighted by Crippen LogP contribution is -2.50. The third-order valence-corrected chi connectivity index (χ3v) is 4.49. The fourth-order valence-corrected chi connectivity index (χ4v) is 3.08. The molecule has 1 amide bonds. The van der Waals surface area contributed by atoms with E-state index in [9.17, 15) is 4.79 Å². The number of rotatable bonds is 4. The van der Waals surface area contributed by atoms with Crippen LogP contribution in [0.5, 0.6) is 0 Å². The first kappa shape index (κ1) is 17.9. The Morgan fingerprint density at radius 3 is 2.83 bits per heavy atom. The van der Waals surface area contributed by atoms with Crippen molar-refractivity contribution in [1.82, 2.24) is 14.8 Å². The summed E-state index contributed by atoms with van der Waals surface area (Å²) < 4.78 is 5.58. The number of likely N-dealkylation sites (N-methyl/N-ethyl adjacent to an activating group) is 1. The minimum absolute atomic E-state index is 0.178. The van der Waals surface area contributed by atoms with Crippen molar-refractivity contribution in [1.29, 1.82) is 0 Å². The van der Waals surface area contributed by atoms with E-state index >= 15 is 0 Å². The van der Waals surface area contributed by atoms with E-state index in [1.165, 1.54) is 12.1 Å². The molecule has 0 aliphatic carbocycles. The van der Waals surface area contributed by atoms with Gasteiger partial charge in [0.1, 0.15) is 5.60 Å². The molecule has 1 aromatic rings. The number of carbonyl (C=O) groups is 1. The maximum Gasteiger partial charge on any atom is 0.410 e. The largest absolute Gasteiger partial charge is 0.444 e. The molecule has 0 spiro atoms. The number of hydrogen-bond donors (Lipinski definition) is 1. The first-order valence-corrected chi connectivity index (χ1v) is 8.61. The van der Waals surface area contributed by atoms with Gasteiger partial charge in [0.2, 0.25) is 0 Å². The molecular weight excluding hydrogens is 290 g/mol. The van der Waals surface area contributed by atoms with E-state index < -0.39 is 5.60 Å². The Morgan fingerprint density at radius 2 is 2.22 bits per heavy atom. The molecule has 1 N–H and O–H groups in total. The molecule has 2 rings (SSSR count). The second-order valence-electron chi connectivity index (χ2n) is 7.56. The molecular formula is C18H31N3O2. The normalized spacial score (nSPS) is 20.6. The summed E-state index contributed by atoms with van der Waals surface area (Å²) in [6.45, 7) is 9.60. The summed E-state index contributed by atoms with van der Waals surface area (Å²) in [6, 6.07) is 4.65. The summed E-state index contributed by atoms with van der Waals surface area (Å²) in [5.41, 5.74) is 0.759. The standard InChI is InChI=1S/C18H31N3O2/c1-14(16-10-8-11-19-16)20(5)13-15-9-6-7-12-21(15)17(22)23-18(2,3)4/h8,10-11,14-15,19H,6-7,9,12-13H2,1-5H3/t14-,15-/m0/s1. The molecule has 0 saturated carbocycles. The zero-order chi connectivity index (χ0) is 17.0. The zero-order valence-electron chi connectivity index (χ0n) is 15.1. The van der Waals surface area contributed by atoms with Gasteiger partial charge in [-0.3, -0.25) is 4.90 Å². The highest BCUT2D eigenvalue weighted by atomic mass is 16.6. The van der Waals surface area contributed by atoms with Gasteiger partial charge in [-0.1, -0.05) is 0 Å². The lowest BCUT2D eigenvalue weighted by atomic mass is 10.0. The van der Waals surface area contributed by atoms with Gasteiger partial charge >= 0.3 is 6.09 Å². The molecule has 1 saturated heterocycles. The van der Waals surface area contributed by atoms with Crippen LogP contribution in [0, 0.1) is 0 Å². The molecule has 1 aromatic heterocycles. The van der Waals surface area contributed by atoms with E-state index in [1.807, 2.05) is 37.9 Å². The third-order valence-electron chi connectivity index (χ3n) is 4.49. The molecule has 5 nitrogen and oxygen atoms in total. The van der Waals surface area contributed by atoms with Crippen LogP contribution in [-0.4, -0.2) is 52.7 Å². The quantitative estimate of drug-likeness (QED) is 0.917. The number of ether oxygens (including phenoxy) is 1. The number of aromatic amines is 1. The van der Waals surface area contributed by atoms with Crippen molar-refractivity contribution >= 4 is 6.09 Å². The minimum atomic E-state index is -0.442. The van der Waals surface area contributed by atoms with Crippen molar-refractivity contribution in [3.05, 3.63) is 24.0 Å². The molecule has 0 unspecified atom stereocenters. The number of likely N-dealkylation sites (tertiary alicyclic amines) is 1. The molecule has 2 atom stereocenters. The van der Waals surface area contributed by atoms with Gasteiger partial charge in [0.25, 0.3) is 0 Å². The van der Waals surface area contributed by atoms with Gasteiger partial charge in [0.15, 0.2) is 0 Å². The maximum absolute atomic E-state index is 12.5. The molecule has 1 aliphatic heterocycles. The van der Waals surface area contributed by atoms with Crippen LogP contribution in [0.15, 0.2) is 18.3 Å². The van der Waals surface area contributed by atoms with E-state index in [0.717, 1.165) is 25.9 Å². The summed E-state index contributed by atoms with van der Waals surface area (Å²) in [5.74, 6) is 0. The van der Waals surface area contributed by atoms with Gasteiger partial charge in [-0.15, -0.1) is 0 Å². The lowest BCUT2D eigenvalue weighted by molar-refractivity contribution is 0.00459. The Hall–Kier alpha value is -1.49. The molecule has 0 aromatic carbocycles. The second kappa shape index (κ2) is 7.39. The minimum Gasteiger partial charge on any atom is -0.444 e. The van der Waals surface area contributed by atoms with E-state index in [-0.39, 0.29) is 12.1 Å². The van der Waals surface area contributed by atoms with Crippen molar-refractivity contribution < 1.29 is 9.53 Å². The van der Waals surface area contributed by atoms with Crippen LogP contribution in [0.4, 0.5) is 4.79 Å². The van der Waals surface area contributed by atoms with Crippen LogP contribution in [-0.2, 0) is 4.74 Å². The highest BCUT2D eigenvalue weighted by molar-refractivity contribution is 5.68. The number of nitrogens with zero attached hydrogens (tertiary/aromatic N) is 2. The van der Waals surface area contributed by atoms with Crippen LogP contribution in [0.3, 0.4) is 0 Å². The highest BCUT2D eigenvalue weighted by Gasteiger charge is 2.31. The zero-order valence-corrected chi connectivity index (χ0v) is 15.1. The van der Waals surface area contributed by atoms with Gasteiger partial charge in [0, 0.05) is 37.1 Å². The number of aromatic nitrogens is 1. The third kappa shape index (κ3) is 4.99. The Morgan fingerprint density at radius 1 is 1.48 bits per heavy atom. The Labute approximate surface area is 140 Å². The van der Waals surface area contributed by atoms with Crippen molar-refractivity contribution in [2.45, 2.75) is 64.6 Å². The maximum atomic E-state index is 12.5. The van der Waals surface area contributed by atoms with Crippen molar-refractivity contribution in [2.75, 3.05) is 20.1 Å². The smallest absolute Gasteiger partial charge is 0.410 e. The summed E-state index contributed by atoms with van der Waals surface area (Å²) >= 11 is 0. The van der Waals surface area contributed by atoms with Crippen LogP contribution in [0.25, 0.3) is 0 Å². The van der Waals surface area contributed by atoms with E-state index in [0.29, 0.717) is 6.04 Å². The molecule has 1 fully saturated rings. The molecule has 23 heavy (non-hydrogen) atoms. The lowest BCUT2D eigenvalue weighted by Gasteiger charge is -2.39. The first-order chi connectivity index (χ1) is 10.8. The van der Waals surface area contributed by atoms with Crippen molar-refractivity contribution in [3.63, 3.8) is 0 Å². The molecule has 2 heterocycles. The first-order valence-electron chi connectivity index (χ1n) is 8.61. The van der Waals surface area contributed by atoms with Crippen LogP contribution in [0.1, 0.15) is 58.7 Å². The van der Waals surface area contributed by atoms with E-state index in [1.54, 1.807) is 0 Å². The van der Waals surface area contributed by atoms with Gasteiger partial charge in [0.05, 0.1) is 0 Å². The Kier molecular flexibility index (Phi) is 5.74. The average molecular weight is 321 g/mol. The monoisotopic (exact) mass is 321 g/mol. The van der Waals surface area contributed by atoms with Crippen molar-refractivity contribution in [2.24, 2.45) is 0 Å². The molecule has 130 valence electrons. The highest BCUT2D eigenvalue weighted by Crippen LogP contribution is 2.24. The van der Waals surface area contributed by atoms with E-state index in [4.69, 9.17) is 4.74 Å².